The van der Waals surface area contributed by atoms with E-state index in [4.69, 9.17) is 0 Å². The Bertz CT molecular complexity index is 679. The molecule has 0 unspecified atom stereocenters. The summed E-state index contributed by atoms with van der Waals surface area (Å²) in [5.74, 6) is -0.453. The smallest absolute Gasteiger partial charge is 0.287 e. The van der Waals surface area contributed by atoms with Gasteiger partial charge >= 0.3 is 0 Å². The van der Waals surface area contributed by atoms with Crippen LogP contribution in [0.3, 0.4) is 0 Å². The highest BCUT2D eigenvalue weighted by atomic mass is 16.6. The lowest BCUT2D eigenvalue weighted by Crippen LogP contribution is -2.17. The Morgan fingerprint density at radius 1 is 1.43 bits per heavy atom. The molecule has 0 fully saturated rings. The molecule has 21 heavy (non-hydrogen) atoms. The van der Waals surface area contributed by atoms with Crippen molar-refractivity contribution in [1.82, 2.24) is 4.57 Å². The summed E-state index contributed by atoms with van der Waals surface area (Å²) in [5, 5.41) is 22.7. The van der Waals surface area contributed by atoms with E-state index in [0.29, 0.717) is 17.8 Å². The average Bonchev–Trinajstić information content (AvgIpc) is 2.92. The second-order valence-corrected chi connectivity index (χ2v) is 4.40. The molecule has 0 aliphatic rings. The maximum Gasteiger partial charge on any atom is 0.287 e. The number of carbonyl (C=O) groups is 1. The number of aryl methyl sites for hydroxylation is 1. The van der Waals surface area contributed by atoms with Crippen molar-refractivity contribution in [3.63, 3.8) is 0 Å². The number of nitrogens with one attached hydrogen (secondary N) is 1. The molecular formula is C14H15N3O4. The second kappa shape index (κ2) is 6.19. The first kappa shape index (κ1) is 14.7. The summed E-state index contributed by atoms with van der Waals surface area (Å²) in [6, 6.07) is 8.07. The van der Waals surface area contributed by atoms with Gasteiger partial charge in [-0.3, -0.25) is 14.9 Å². The fraction of sp³-hybridized carbons (Fsp3) is 0.214. The molecule has 1 heterocycles. The number of carbonyl (C=O) groups excluding carboxylic acids is 1. The third-order valence-electron chi connectivity index (χ3n) is 3.10. The number of nitrogens with zero attached hydrogens (tertiary/aromatic N) is 2. The first-order valence-electron chi connectivity index (χ1n) is 6.41. The molecule has 0 aliphatic carbocycles. The highest BCUT2D eigenvalue weighted by Gasteiger charge is 2.19. The zero-order valence-corrected chi connectivity index (χ0v) is 11.4. The van der Waals surface area contributed by atoms with Gasteiger partial charge in [0.1, 0.15) is 5.69 Å². The van der Waals surface area contributed by atoms with Crippen LogP contribution in [0.1, 0.15) is 23.0 Å². The van der Waals surface area contributed by atoms with Gasteiger partial charge in [0.05, 0.1) is 17.7 Å². The number of benzene rings is 1. The fourth-order valence-corrected chi connectivity index (χ4v) is 2.01. The zero-order chi connectivity index (χ0) is 15.4. The predicted octanol–water partition coefficient (Wildman–Crippen LogP) is 2.16. The predicted molar refractivity (Wildman–Crippen MR) is 77.1 cm³/mol. The number of para-hydroxylation sites is 1. The first-order chi connectivity index (χ1) is 10.1. The molecule has 110 valence electrons. The van der Waals surface area contributed by atoms with Crippen molar-refractivity contribution < 1.29 is 14.8 Å². The van der Waals surface area contributed by atoms with Crippen LogP contribution in [0.15, 0.2) is 36.5 Å². The van der Waals surface area contributed by atoms with E-state index in [-0.39, 0.29) is 18.0 Å². The first-order valence-corrected chi connectivity index (χ1v) is 6.41. The van der Waals surface area contributed by atoms with Crippen LogP contribution >= 0.6 is 0 Å². The van der Waals surface area contributed by atoms with E-state index in [0.717, 1.165) is 0 Å². The summed E-state index contributed by atoms with van der Waals surface area (Å²) in [6.45, 7) is 2.03. The van der Waals surface area contributed by atoms with Crippen LogP contribution in [0.25, 0.3) is 0 Å². The van der Waals surface area contributed by atoms with Gasteiger partial charge in [-0.25, -0.2) is 0 Å². The molecule has 2 N–H and O–H groups in total. The van der Waals surface area contributed by atoms with Gasteiger partial charge in [-0.1, -0.05) is 18.2 Å². The lowest BCUT2D eigenvalue weighted by molar-refractivity contribution is -0.384. The van der Waals surface area contributed by atoms with E-state index < -0.39 is 10.8 Å². The number of rotatable bonds is 5. The van der Waals surface area contributed by atoms with Gasteiger partial charge in [-0.15, -0.1) is 0 Å². The van der Waals surface area contributed by atoms with Crippen LogP contribution < -0.4 is 5.32 Å². The Hall–Kier alpha value is -2.67. The summed E-state index contributed by atoms with van der Waals surface area (Å²) in [6.07, 6.45) is 1.33. The highest BCUT2D eigenvalue weighted by Crippen LogP contribution is 2.20. The maximum absolute atomic E-state index is 12.3. The van der Waals surface area contributed by atoms with E-state index >= 15 is 0 Å². The minimum Gasteiger partial charge on any atom is -0.392 e. The van der Waals surface area contributed by atoms with Gasteiger partial charge in [-0.05, 0) is 13.0 Å². The van der Waals surface area contributed by atoms with E-state index in [1.165, 1.54) is 16.8 Å². The van der Waals surface area contributed by atoms with Crippen molar-refractivity contribution in [2.75, 3.05) is 5.32 Å². The van der Waals surface area contributed by atoms with Gasteiger partial charge in [0.2, 0.25) is 0 Å². The van der Waals surface area contributed by atoms with Crippen molar-refractivity contribution in [1.29, 1.82) is 0 Å². The normalized spacial score (nSPS) is 10.4. The molecule has 1 aromatic carbocycles. The molecule has 1 aromatic heterocycles. The number of aliphatic hydroxyl groups is 1. The highest BCUT2D eigenvalue weighted by molar-refractivity contribution is 6.04. The minimum atomic E-state index is -0.537. The third kappa shape index (κ3) is 3.09. The molecule has 0 spiro atoms. The van der Waals surface area contributed by atoms with E-state index in [2.05, 4.69) is 5.32 Å². The van der Waals surface area contributed by atoms with Gasteiger partial charge in [0.25, 0.3) is 11.6 Å². The van der Waals surface area contributed by atoms with Crippen molar-refractivity contribution in [3.05, 3.63) is 57.9 Å². The molecule has 0 aliphatic heterocycles. The second-order valence-electron chi connectivity index (χ2n) is 4.40. The molecule has 0 bridgehead atoms. The van der Waals surface area contributed by atoms with E-state index in [9.17, 15) is 20.0 Å². The summed E-state index contributed by atoms with van der Waals surface area (Å²) in [5.41, 5.74) is 1.14. The molecule has 0 saturated heterocycles. The molecule has 1 amide bonds. The van der Waals surface area contributed by atoms with Gasteiger partial charge in [0, 0.05) is 23.9 Å². The van der Waals surface area contributed by atoms with Gasteiger partial charge in [-0.2, -0.15) is 0 Å². The summed E-state index contributed by atoms with van der Waals surface area (Å²) >= 11 is 0. The van der Waals surface area contributed by atoms with E-state index in [1.807, 2.05) is 0 Å². The van der Waals surface area contributed by atoms with Crippen molar-refractivity contribution in [2.24, 2.45) is 0 Å². The van der Waals surface area contributed by atoms with Crippen LogP contribution in [-0.2, 0) is 13.2 Å². The summed E-state index contributed by atoms with van der Waals surface area (Å²) in [7, 11) is 0. The summed E-state index contributed by atoms with van der Waals surface area (Å²) in [4.78, 5) is 22.5. The maximum atomic E-state index is 12.3. The van der Waals surface area contributed by atoms with Gasteiger partial charge in [0.15, 0.2) is 0 Å². The molecular weight excluding hydrogens is 274 g/mol. The molecule has 7 nitrogen and oxygen atoms in total. The number of nitro groups is 1. The SMILES string of the molecule is CCn1cc([N+](=O)[O-])cc1C(=O)Nc1ccccc1CO. The Morgan fingerprint density at radius 2 is 2.14 bits per heavy atom. The topological polar surface area (TPSA) is 97.4 Å². The largest absolute Gasteiger partial charge is 0.392 e. The molecule has 7 heteroatoms. The molecule has 0 radical (unpaired) electrons. The Kier molecular flexibility index (Phi) is 4.34. The zero-order valence-electron chi connectivity index (χ0n) is 11.4. The monoisotopic (exact) mass is 289 g/mol. The number of anilines is 1. The van der Waals surface area contributed by atoms with Crippen LogP contribution in [0, 0.1) is 10.1 Å². The molecule has 2 rings (SSSR count). The quantitative estimate of drug-likeness (QED) is 0.651. The Morgan fingerprint density at radius 3 is 2.76 bits per heavy atom. The van der Waals surface area contributed by atoms with Crippen LogP contribution in [0.4, 0.5) is 11.4 Å². The van der Waals surface area contributed by atoms with E-state index in [1.54, 1.807) is 31.2 Å². The molecule has 0 atom stereocenters. The number of hydrogen-bond acceptors (Lipinski definition) is 4. The number of aromatic nitrogens is 1. The third-order valence-corrected chi connectivity index (χ3v) is 3.10. The number of aliphatic hydroxyl groups excluding tert-OH is 1. The Labute approximate surface area is 121 Å². The minimum absolute atomic E-state index is 0.127. The standard InChI is InChI=1S/C14H15N3O4/c1-2-16-8-11(17(20)21)7-13(16)14(19)15-12-6-4-3-5-10(12)9-18/h3-8,18H,2,9H2,1H3,(H,15,19). The van der Waals surface area contributed by atoms with Crippen LogP contribution in [0.2, 0.25) is 0 Å². The fourth-order valence-electron chi connectivity index (χ4n) is 2.01. The van der Waals surface area contributed by atoms with Crippen molar-refractivity contribution >= 4 is 17.3 Å². The van der Waals surface area contributed by atoms with Crippen molar-refractivity contribution in [2.45, 2.75) is 20.1 Å². The number of amides is 1. The average molecular weight is 289 g/mol. The lowest BCUT2D eigenvalue weighted by atomic mass is 10.2. The molecule has 2 aromatic rings. The van der Waals surface area contributed by atoms with Crippen LogP contribution in [0.5, 0.6) is 0 Å². The van der Waals surface area contributed by atoms with Crippen LogP contribution in [-0.4, -0.2) is 20.5 Å². The lowest BCUT2D eigenvalue weighted by Gasteiger charge is -2.10. The Balaban J connectivity index is 2.30. The molecule has 0 saturated carbocycles. The van der Waals surface area contributed by atoms with Gasteiger partial charge < -0.3 is 15.0 Å². The van der Waals surface area contributed by atoms with Crippen molar-refractivity contribution in [3.8, 4) is 0 Å². The number of hydrogen-bond donors (Lipinski definition) is 2. The summed E-state index contributed by atoms with van der Waals surface area (Å²) < 4.78 is 1.51.